The van der Waals surface area contributed by atoms with Gasteiger partial charge in [0.1, 0.15) is 11.5 Å². The molecule has 2 rings (SSSR count). The predicted molar refractivity (Wildman–Crippen MR) is 70.8 cm³/mol. The van der Waals surface area contributed by atoms with Crippen LogP contribution < -0.4 is 4.74 Å². The Morgan fingerprint density at radius 1 is 1.22 bits per heavy atom. The summed E-state index contributed by atoms with van der Waals surface area (Å²) >= 11 is 0. The Morgan fingerprint density at radius 2 is 1.83 bits per heavy atom. The Kier molecular flexibility index (Phi) is 3.24. The second-order valence-corrected chi connectivity index (χ2v) is 4.66. The lowest BCUT2D eigenvalue weighted by atomic mass is 10.0. The molecule has 0 aliphatic heterocycles. The van der Waals surface area contributed by atoms with Crippen molar-refractivity contribution in [2.75, 3.05) is 0 Å². The molecule has 2 aromatic rings. The smallest absolute Gasteiger partial charge is 0.313 e. The summed E-state index contributed by atoms with van der Waals surface area (Å²) in [6.45, 7) is 5.40. The lowest BCUT2D eigenvalue weighted by Crippen LogP contribution is -2.15. The minimum atomic E-state index is -0.269. The van der Waals surface area contributed by atoms with Gasteiger partial charge in [0.2, 0.25) is 0 Å². The van der Waals surface area contributed by atoms with E-state index < -0.39 is 0 Å². The first-order valence-corrected chi connectivity index (χ1v) is 5.93. The van der Waals surface area contributed by atoms with Crippen molar-refractivity contribution in [2.45, 2.75) is 20.8 Å². The van der Waals surface area contributed by atoms with E-state index in [1.807, 2.05) is 25.1 Å². The minimum Gasteiger partial charge on any atom is -0.507 e. The highest BCUT2D eigenvalue weighted by Crippen LogP contribution is 2.35. The van der Waals surface area contributed by atoms with E-state index in [2.05, 4.69) is 0 Å². The third-order valence-electron chi connectivity index (χ3n) is 2.83. The normalized spacial score (nSPS) is 10.9. The SMILES string of the molecule is Cc1cc(O)c2ccccc2c1OC(=O)C(C)C. The number of benzene rings is 2. The molecule has 1 N–H and O–H groups in total. The number of phenols is 1. The monoisotopic (exact) mass is 244 g/mol. The van der Waals surface area contributed by atoms with Crippen LogP contribution in [0, 0.1) is 12.8 Å². The van der Waals surface area contributed by atoms with Crippen molar-refractivity contribution < 1.29 is 14.6 Å². The highest BCUT2D eigenvalue weighted by molar-refractivity contribution is 5.95. The molecule has 0 aliphatic carbocycles. The van der Waals surface area contributed by atoms with Crippen molar-refractivity contribution in [2.24, 2.45) is 5.92 Å². The van der Waals surface area contributed by atoms with Gasteiger partial charge in [0.05, 0.1) is 5.92 Å². The van der Waals surface area contributed by atoms with Gasteiger partial charge in [0, 0.05) is 10.8 Å². The first-order chi connectivity index (χ1) is 8.50. The van der Waals surface area contributed by atoms with Crippen LogP contribution in [0.1, 0.15) is 19.4 Å². The molecule has 0 bridgehead atoms. The van der Waals surface area contributed by atoms with Gasteiger partial charge in [-0.15, -0.1) is 0 Å². The zero-order valence-corrected chi connectivity index (χ0v) is 10.7. The lowest BCUT2D eigenvalue weighted by Gasteiger charge is -2.13. The molecule has 0 spiro atoms. The number of carbonyl (C=O) groups excluding carboxylic acids is 1. The number of hydrogen-bond donors (Lipinski definition) is 1. The topological polar surface area (TPSA) is 46.5 Å². The summed E-state index contributed by atoms with van der Waals surface area (Å²) in [4.78, 5) is 11.7. The van der Waals surface area contributed by atoms with E-state index in [-0.39, 0.29) is 17.6 Å². The zero-order chi connectivity index (χ0) is 13.3. The highest BCUT2D eigenvalue weighted by Gasteiger charge is 2.15. The molecule has 0 saturated carbocycles. The predicted octanol–water partition coefficient (Wildman–Crippen LogP) is 3.42. The molecular weight excluding hydrogens is 228 g/mol. The van der Waals surface area contributed by atoms with Crippen LogP contribution in [0.2, 0.25) is 0 Å². The van der Waals surface area contributed by atoms with E-state index in [4.69, 9.17) is 4.74 Å². The van der Waals surface area contributed by atoms with Crippen LogP contribution in [0.4, 0.5) is 0 Å². The van der Waals surface area contributed by atoms with Gasteiger partial charge in [-0.2, -0.15) is 0 Å². The van der Waals surface area contributed by atoms with Gasteiger partial charge in [-0.3, -0.25) is 4.79 Å². The summed E-state index contributed by atoms with van der Waals surface area (Å²) in [7, 11) is 0. The third kappa shape index (κ3) is 2.16. The van der Waals surface area contributed by atoms with Gasteiger partial charge >= 0.3 is 5.97 Å². The molecule has 0 saturated heterocycles. The van der Waals surface area contributed by atoms with Crippen molar-refractivity contribution in [3.63, 3.8) is 0 Å². The van der Waals surface area contributed by atoms with Crippen molar-refractivity contribution in [1.82, 2.24) is 0 Å². The molecule has 3 heteroatoms. The molecule has 2 aromatic carbocycles. The number of ether oxygens (including phenoxy) is 1. The summed E-state index contributed by atoms with van der Waals surface area (Å²) in [6.07, 6.45) is 0. The maximum atomic E-state index is 11.7. The first kappa shape index (κ1) is 12.4. The lowest BCUT2D eigenvalue weighted by molar-refractivity contribution is -0.137. The van der Waals surface area contributed by atoms with Gasteiger partial charge in [-0.1, -0.05) is 38.1 Å². The van der Waals surface area contributed by atoms with E-state index in [9.17, 15) is 9.90 Å². The van der Waals surface area contributed by atoms with E-state index in [1.54, 1.807) is 26.0 Å². The van der Waals surface area contributed by atoms with Gasteiger partial charge in [-0.25, -0.2) is 0 Å². The fourth-order valence-electron chi connectivity index (χ4n) is 1.82. The van der Waals surface area contributed by atoms with E-state index >= 15 is 0 Å². The van der Waals surface area contributed by atoms with Crippen LogP contribution in [0.3, 0.4) is 0 Å². The highest BCUT2D eigenvalue weighted by atomic mass is 16.5. The number of carbonyl (C=O) groups is 1. The summed E-state index contributed by atoms with van der Waals surface area (Å²) in [5, 5.41) is 11.3. The largest absolute Gasteiger partial charge is 0.507 e. The molecule has 18 heavy (non-hydrogen) atoms. The molecule has 0 radical (unpaired) electrons. The van der Waals surface area contributed by atoms with Crippen LogP contribution in [0.15, 0.2) is 30.3 Å². The van der Waals surface area contributed by atoms with Crippen LogP contribution in [0.5, 0.6) is 11.5 Å². The van der Waals surface area contributed by atoms with E-state index in [0.29, 0.717) is 11.1 Å². The second kappa shape index (κ2) is 4.69. The van der Waals surface area contributed by atoms with Gasteiger partial charge in [-0.05, 0) is 18.6 Å². The summed E-state index contributed by atoms with van der Waals surface area (Å²) in [6, 6.07) is 8.95. The molecule has 0 fully saturated rings. The Morgan fingerprint density at radius 3 is 2.44 bits per heavy atom. The first-order valence-electron chi connectivity index (χ1n) is 5.93. The molecule has 0 atom stereocenters. The molecule has 94 valence electrons. The van der Waals surface area contributed by atoms with Gasteiger partial charge < -0.3 is 9.84 Å². The molecule has 3 nitrogen and oxygen atoms in total. The maximum Gasteiger partial charge on any atom is 0.313 e. The number of hydrogen-bond acceptors (Lipinski definition) is 3. The van der Waals surface area contributed by atoms with Gasteiger partial charge in [0.25, 0.3) is 0 Å². The fourth-order valence-corrected chi connectivity index (χ4v) is 1.82. The zero-order valence-electron chi connectivity index (χ0n) is 10.7. The maximum absolute atomic E-state index is 11.7. The Hall–Kier alpha value is -2.03. The average Bonchev–Trinajstić information content (AvgIpc) is 2.34. The molecule has 0 unspecified atom stereocenters. The quantitative estimate of drug-likeness (QED) is 0.650. The van der Waals surface area contributed by atoms with Crippen LogP contribution in [-0.2, 0) is 4.79 Å². The molecule has 0 amide bonds. The number of phenolic OH excluding ortho intramolecular Hbond substituents is 1. The summed E-state index contributed by atoms with van der Waals surface area (Å²) < 4.78 is 5.42. The average molecular weight is 244 g/mol. The number of aryl methyl sites for hydroxylation is 1. The fraction of sp³-hybridized carbons (Fsp3) is 0.267. The molecular formula is C15H16O3. The number of rotatable bonds is 2. The number of fused-ring (bicyclic) bond motifs is 1. The van der Waals surface area contributed by atoms with Crippen molar-refractivity contribution in [3.05, 3.63) is 35.9 Å². The number of esters is 1. The van der Waals surface area contributed by atoms with E-state index in [0.717, 1.165) is 10.9 Å². The van der Waals surface area contributed by atoms with Crippen molar-refractivity contribution in [3.8, 4) is 11.5 Å². The minimum absolute atomic E-state index is 0.183. The Labute approximate surface area is 106 Å². The van der Waals surface area contributed by atoms with Crippen LogP contribution in [0.25, 0.3) is 10.8 Å². The standard InChI is InChI=1S/C15H16O3/c1-9(2)15(17)18-14-10(3)8-13(16)11-6-4-5-7-12(11)14/h4-9,16H,1-3H3. The molecule has 0 aromatic heterocycles. The third-order valence-corrected chi connectivity index (χ3v) is 2.83. The van der Waals surface area contributed by atoms with Gasteiger partial charge in [0.15, 0.2) is 0 Å². The molecule has 0 heterocycles. The molecule has 0 aliphatic rings. The van der Waals surface area contributed by atoms with Crippen LogP contribution in [-0.4, -0.2) is 11.1 Å². The summed E-state index contributed by atoms with van der Waals surface area (Å²) in [5.74, 6) is 0.278. The number of aromatic hydroxyl groups is 1. The second-order valence-electron chi connectivity index (χ2n) is 4.66. The Balaban J connectivity index is 2.59. The van der Waals surface area contributed by atoms with E-state index in [1.165, 1.54) is 0 Å². The summed E-state index contributed by atoms with van der Waals surface area (Å²) in [5.41, 5.74) is 0.750. The Bertz CT molecular complexity index is 600. The van der Waals surface area contributed by atoms with Crippen molar-refractivity contribution in [1.29, 1.82) is 0 Å². The van der Waals surface area contributed by atoms with Crippen LogP contribution >= 0.6 is 0 Å². The van der Waals surface area contributed by atoms with Crippen molar-refractivity contribution >= 4 is 16.7 Å².